The van der Waals surface area contributed by atoms with Crippen LogP contribution in [0.3, 0.4) is 0 Å². The van der Waals surface area contributed by atoms with Gasteiger partial charge in [0.25, 0.3) is 5.56 Å². The Morgan fingerprint density at radius 1 is 1.65 bits per heavy atom. The maximum Gasteiger partial charge on any atom is 0.283 e. The summed E-state index contributed by atoms with van der Waals surface area (Å²) in [5, 5.41) is 9.42. The number of likely N-dealkylation sites (N-methyl/N-ethyl adjacent to an activating group) is 1. The number of rotatable bonds is 4. The molecule has 0 aromatic carbocycles. The normalized spacial score (nSPS) is 12.0. The van der Waals surface area contributed by atoms with Crippen LogP contribution < -0.4 is 16.2 Å². The molecule has 1 amide bonds. The summed E-state index contributed by atoms with van der Waals surface area (Å²) in [4.78, 5) is 23.1. The van der Waals surface area contributed by atoms with Crippen LogP contribution in [0.15, 0.2) is 15.5 Å². The van der Waals surface area contributed by atoms with E-state index < -0.39 is 6.04 Å². The van der Waals surface area contributed by atoms with Gasteiger partial charge in [0.2, 0.25) is 5.91 Å². The van der Waals surface area contributed by atoms with Gasteiger partial charge in [0.05, 0.1) is 11.9 Å². The van der Waals surface area contributed by atoms with Crippen LogP contribution in [-0.4, -0.2) is 28.8 Å². The first-order chi connectivity index (χ1) is 8.01. The SMILES string of the molecule is CCn1ncc(NC(C)C(=O)NC)c(Br)c1=O. The van der Waals surface area contributed by atoms with Gasteiger partial charge in [-0.1, -0.05) is 0 Å². The topological polar surface area (TPSA) is 76.0 Å². The lowest BCUT2D eigenvalue weighted by Crippen LogP contribution is -2.36. The van der Waals surface area contributed by atoms with Crippen molar-refractivity contribution in [1.82, 2.24) is 15.1 Å². The van der Waals surface area contributed by atoms with E-state index in [2.05, 4.69) is 31.7 Å². The van der Waals surface area contributed by atoms with Gasteiger partial charge in [-0.2, -0.15) is 5.10 Å². The summed E-state index contributed by atoms with van der Waals surface area (Å²) in [7, 11) is 1.56. The number of aromatic nitrogens is 2. The molecule has 7 heteroatoms. The molecule has 0 spiro atoms. The molecule has 0 saturated carbocycles. The molecule has 0 aliphatic heterocycles. The van der Waals surface area contributed by atoms with E-state index in [9.17, 15) is 9.59 Å². The second-order valence-corrected chi connectivity index (χ2v) is 4.27. The van der Waals surface area contributed by atoms with Crippen molar-refractivity contribution >= 4 is 27.5 Å². The van der Waals surface area contributed by atoms with Crippen LogP contribution >= 0.6 is 15.9 Å². The fourth-order valence-electron chi connectivity index (χ4n) is 1.31. The number of anilines is 1. The summed E-state index contributed by atoms with van der Waals surface area (Å²) in [6, 6.07) is -0.435. The standard InChI is InChI=1S/C10H15BrN4O2/c1-4-15-10(17)8(11)7(5-13-15)14-6(2)9(16)12-3/h5-6,14H,4H2,1-3H3,(H,12,16). The Bertz CT molecular complexity index is 472. The van der Waals surface area contributed by atoms with Crippen LogP contribution in [-0.2, 0) is 11.3 Å². The third-order valence-corrected chi connectivity index (χ3v) is 3.06. The molecule has 17 heavy (non-hydrogen) atoms. The Hall–Kier alpha value is -1.37. The van der Waals surface area contributed by atoms with Crippen molar-refractivity contribution in [3.8, 4) is 0 Å². The van der Waals surface area contributed by atoms with E-state index in [1.165, 1.54) is 10.9 Å². The Kier molecular flexibility index (Phi) is 4.68. The fourth-order valence-corrected chi connectivity index (χ4v) is 1.73. The van der Waals surface area contributed by atoms with E-state index in [1.807, 2.05) is 6.92 Å². The van der Waals surface area contributed by atoms with E-state index >= 15 is 0 Å². The molecule has 0 aliphatic carbocycles. The fraction of sp³-hybridized carbons (Fsp3) is 0.500. The zero-order chi connectivity index (χ0) is 13.0. The molecule has 1 aromatic rings. The van der Waals surface area contributed by atoms with E-state index in [-0.39, 0.29) is 11.5 Å². The highest BCUT2D eigenvalue weighted by Crippen LogP contribution is 2.16. The minimum atomic E-state index is -0.435. The molecule has 1 rings (SSSR count). The highest BCUT2D eigenvalue weighted by molar-refractivity contribution is 9.10. The lowest BCUT2D eigenvalue weighted by Gasteiger charge is -2.14. The van der Waals surface area contributed by atoms with Crippen molar-refractivity contribution in [3.63, 3.8) is 0 Å². The van der Waals surface area contributed by atoms with Crippen molar-refractivity contribution in [2.75, 3.05) is 12.4 Å². The molecule has 1 atom stereocenters. The first-order valence-electron chi connectivity index (χ1n) is 5.25. The summed E-state index contributed by atoms with van der Waals surface area (Å²) in [6.07, 6.45) is 1.52. The second-order valence-electron chi connectivity index (χ2n) is 3.47. The lowest BCUT2D eigenvalue weighted by molar-refractivity contribution is -0.121. The number of nitrogens with zero attached hydrogens (tertiary/aromatic N) is 2. The number of halogens is 1. The molecule has 1 heterocycles. The number of amides is 1. The van der Waals surface area contributed by atoms with Crippen LogP contribution in [0, 0.1) is 0 Å². The molecule has 6 nitrogen and oxygen atoms in total. The number of nitrogens with one attached hydrogen (secondary N) is 2. The van der Waals surface area contributed by atoms with Crippen LogP contribution in [0.2, 0.25) is 0 Å². The highest BCUT2D eigenvalue weighted by atomic mass is 79.9. The molecule has 94 valence electrons. The van der Waals surface area contributed by atoms with Gasteiger partial charge in [-0.05, 0) is 29.8 Å². The van der Waals surface area contributed by atoms with Crippen LogP contribution in [0.5, 0.6) is 0 Å². The Balaban J connectivity index is 2.97. The summed E-state index contributed by atoms with van der Waals surface area (Å²) >= 11 is 3.20. The summed E-state index contributed by atoms with van der Waals surface area (Å²) in [5.74, 6) is -0.156. The molecule has 0 radical (unpaired) electrons. The number of hydrogen-bond acceptors (Lipinski definition) is 4. The average molecular weight is 303 g/mol. The second kappa shape index (κ2) is 5.81. The van der Waals surface area contributed by atoms with Gasteiger partial charge < -0.3 is 10.6 Å². The molecule has 1 unspecified atom stereocenters. The molecule has 0 saturated heterocycles. The number of carbonyl (C=O) groups is 1. The van der Waals surface area contributed by atoms with Crippen LogP contribution in [0.1, 0.15) is 13.8 Å². The van der Waals surface area contributed by atoms with Crippen LogP contribution in [0.25, 0.3) is 0 Å². The monoisotopic (exact) mass is 302 g/mol. The Morgan fingerprint density at radius 3 is 2.82 bits per heavy atom. The number of aryl methyl sites for hydroxylation is 1. The van der Waals surface area contributed by atoms with Gasteiger partial charge in [0, 0.05) is 13.6 Å². The third-order valence-electron chi connectivity index (χ3n) is 2.30. The molecule has 0 aliphatic rings. The van der Waals surface area contributed by atoms with Gasteiger partial charge in [-0.25, -0.2) is 4.68 Å². The van der Waals surface area contributed by atoms with Gasteiger partial charge in [-0.3, -0.25) is 9.59 Å². The van der Waals surface area contributed by atoms with Gasteiger partial charge >= 0.3 is 0 Å². The highest BCUT2D eigenvalue weighted by Gasteiger charge is 2.14. The van der Waals surface area contributed by atoms with Gasteiger partial charge in [-0.15, -0.1) is 0 Å². The first kappa shape index (κ1) is 13.7. The van der Waals surface area contributed by atoms with Crippen molar-refractivity contribution in [2.24, 2.45) is 0 Å². The number of carbonyl (C=O) groups excluding carboxylic acids is 1. The van der Waals surface area contributed by atoms with E-state index in [1.54, 1.807) is 14.0 Å². The van der Waals surface area contributed by atoms with Gasteiger partial charge in [0.1, 0.15) is 10.5 Å². The molecular weight excluding hydrogens is 288 g/mol. The minimum absolute atomic E-state index is 0.156. The quantitative estimate of drug-likeness (QED) is 0.853. The van der Waals surface area contributed by atoms with E-state index in [0.29, 0.717) is 16.7 Å². The maximum atomic E-state index is 11.8. The van der Waals surface area contributed by atoms with Crippen molar-refractivity contribution in [1.29, 1.82) is 0 Å². The van der Waals surface area contributed by atoms with Crippen molar-refractivity contribution in [2.45, 2.75) is 26.4 Å². The molecule has 1 aromatic heterocycles. The largest absolute Gasteiger partial charge is 0.372 e. The average Bonchev–Trinajstić information content (AvgIpc) is 2.34. The maximum absolute atomic E-state index is 11.8. The smallest absolute Gasteiger partial charge is 0.283 e. The Morgan fingerprint density at radius 2 is 2.29 bits per heavy atom. The molecular formula is C10H15BrN4O2. The van der Waals surface area contributed by atoms with Crippen molar-refractivity contribution < 1.29 is 4.79 Å². The molecule has 0 bridgehead atoms. The summed E-state index contributed by atoms with van der Waals surface area (Å²) in [6.45, 7) is 4.04. The first-order valence-corrected chi connectivity index (χ1v) is 6.04. The zero-order valence-electron chi connectivity index (χ0n) is 9.95. The minimum Gasteiger partial charge on any atom is -0.372 e. The Labute approximate surface area is 108 Å². The third kappa shape index (κ3) is 3.06. The lowest BCUT2D eigenvalue weighted by atomic mass is 10.3. The van der Waals surface area contributed by atoms with E-state index in [4.69, 9.17) is 0 Å². The number of hydrogen-bond donors (Lipinski definition) is 2. The summed E-state index contributed by atoms with van der Waals surface area (Å²) in [5.41, 5.74) is 0.289. The van der Waals surface area contributed by atoms with Crippen LogP contribution in [0.4, 0.5) is 5.69 Å². The van der Waals surface area contributed by atoms with Crippen molar-refractivity contribution in [3.05, 3.63) is 21.0 Å². The molecule has 0 fully saturated rings. The van der Waals surface area contributed by atoms with E-state index in [0.717, 1.165) is 0 Å². The zero-order valence-corrected chi connectivity index (χ0v) is 11.5. The summed E-state index contributed by atoms with van der Waals surface area (Å²) < 4.78 is 1.71. The predicted octanol–water partition coefficient (Wildman–Crippen LogP) is 0.572. The predicted molar refractivity (Wildman–Crippen MR) is 69.0 cm³/mol. The molecule has 2 N–H and O–H groups in total. The van der Waals surface area contributed by atoms with Gasteiger partial charge in [0.15, 0.2) is 0 Å².